The number of anilines is 1. The van der Waals surface area contributed by atoms with Gasteiger partial charge in [0, 0.05) is 30.7 Å². The standard InChI is InChI=1S/C20H28N4O/c25-19(21-17-7-3-4-8-17)15-24-14-11-16-9-10-18(22-20(16)24)23-12-5-1-2-6-13-23/h9-11,14,17H,1-8,12-13,15H2,(H,21,25). The summed E-state index contributed by atoms with van der Waals surface area (Å²) in [6.07, 6.45) is 11.8. The van der Waals surface area contributed by atoms with Crippen molar-refractivity contribution < 1.29 is 4.79 Å². The van der Waals surface area contributed by atoms with Crippen LogP contribution in [0.15, 0.2) is 24.4 Å². The van der Waals surface area contributed by atoms with Crippen LogP contribution in [0.5, 0.6) is 0 Å². The maximum absolute atomic E-state index is 12.4. The van der Waals surface area contributed by atoms with E-state index in [1.807, 2.05) is 10.8 Å². The minimum absolute atomic E-state index is 0.103. The Labute approximate surface area is 149 Å². The lowest BCUT2D eigenvalue weighted by molar-refractivity contribution is -0.122. The van der Waals surface area contributed by atoms with Crippen molar-refractivity contribution in [2.75, 3.05) is 18.0 Å². The molecule has 2 aromatic heterocycles. The van der Waals surface area contributed by atoms with Gasteiger partial charge in [0.2, 0.25) is 5.91 Å². The fraction of sp³-hybridized carbons (Fsp3) is 0.600. The molecule has 0 bridgehead atoms. The van der Waals surface area contributed by atoms with E-state index in [1.165, 1.54) is 38.5 Å². The van der Waals surface area contributed by atoms with Crippen LogP contribution in [-0.4, -0.2) is 34.6 Å². The molecule has 4 rings (SSSR count). The summed E-state index contributed by atoms with van der Waals surface area (Å²) < 4.78 is 1.99. The lowest BCUT2D eigenvalue weighted by Gasteiger charge is -2.21. The van der Waals surface area contributed by atoms with Crippen molar-refractivity contribution in [2.24, 2.45) is 0 Å². The summed E-state index contributed by atoms with van der Waals surface area (Å²) in [4.78, 5) is 19.7. The number of hydrogen-bond donors (Lipinski definition) is 1. The zero-order valence-electron chi connectivity index (χ0n) is 14.9. The summed E-state index contributed by atoms with van der Waals surface area (Å²) >= 11 is 0. The lowest BCUT2D eigenvalue weighted by atomic mass is 10.2. The molecule has 2 fully saturated rings. The molecule has 3 heterocycles. The maximum Gasteiger partial charge on any atom is 0.240 e. The molecular weight excluding hydrogens is 312 g/mol. The Morgan fingerprint density at radius 1 is 1.04 bits per heavy atom. The molecule has 1 amide bonds. The third kappa shape index (κ3) is 3.80. The van der Waals surface area contributed by atoms with Crippen LogP contribution in [0.1, 0.15) is 51.4 Å². The number of nitrogens with one attached hydrogen (secondary N) is 1. The molecule has 2 aromatic rings. The van der Waals surface area contributed by atoms with Crippen molar-refractivity contribution in [3.63, 3.8) is 0 Å². The molecule has 134 valence electrons. The molecule has 0 atom stereocenters. The summed E-state index contributed by atoms with van der Waals surface area (Å²) in [6, 6.07) is 6.68. The van der Waals surface area contributed by atoms with Gasteiger partial charge in [-0.05, 0) is 43.9 Å². The van der Waals surface area contributed by atoms with Crippen LogP contribution in [0.4, 0.5) is 5.82 Å². The SMILES string of the molecule is O=C(Cn1ccc2ccc(N3CCCCCC3)nc21)NC1CCCC1. The van der Waals surface area contributed by atoms with Crippen LogP contribution >= 0.6 is 0 Å². The average molecular weight is 340 g/mol. The van der Waals surface area contributed by atoms with Crippen LogP contribution in [0, 0.1) is 0 Å². The van der Waals surface area contributed by atoms with E-state index in [9.17, 15) is 4.79 Å². The molecule has 1 saturated heterocycles. The molecule has 1 aliphatic carbocycles. The number of carbonyl (C=O) groups excluding carboxylic acids is 1. The first-order valence-corrected chi connectivity index (χ1v) is 9.80. The van der Waals surface area contributed by atoms with Gasteiger partial charge in [0.1, 0.15) is 18.0 Å². The summed E-state index contributed by atoms with van der Waals surface area (Å²) in [5.74, 6) is 1.15. The Hall–Kier alpha value is -2.04. The number of nitrogens with zero attached hydrogens (tertiary/aromatic N) is 3. The Morgan fingerprint density at radius 2 is 1.80 bits per heavy atom. The highest BCUT2D eigenvalue weighted by Gasteiger charge is 2.18. The van der Waals surface area contributed by atoms with E-state index in [1.54, 1.807) is 0 Å². The van der Waals surface area contributed by atoms with Gasteiger partial charge >= 0.3 is 0 Å². The molecule has 25 heavy (non-hydrogen) atoms. The highest BCUT2D eigenvalue weighted by Crippen LogP contribution is 2.22. The van der Waals surface area contributed by atoms with Crippen molar-refractivity contribution in [1.82, 2.24) is 14.9 Å². The molecule has 1 saturated carbocycles. The van der Waals surface area contributed by atoms with Crippen molar-refractivity contribution >= 4 is 22.8 Å². The van der Waals surface area contributed by atoms with Gasteiger partial charge in [-0.15, -0.1) is 0 Å². The fourth-order valence-electron chi connectivity index (χ4n) is 4.15. The van der Waals surface area contributed by atoms with Crippen LogP contribution in [0.3, 0.4) is 0 Å². The molecule has 0 unspecified atom stereocenters. The molecule has 5 heteroatoms. The topological polar surface area (TPSA) is 50.2 Å². The number of rotatable bonds is 4. The number of pyridine rings is 1. The first-order chi connectivity index (χ1) is 12.3. The van der Waals surface area contributed by atoms with E-state index in [4.69, 9.17) is 4.98 Å². The van der Waals surface area contributed by atoms with Gasteiger partial charge < -0.3 is 14.8 Å². The van der Waals surface area contributed by atoms with Crippen LogP contribution in [-0.2, 0) is 11.3 Å². The Bertz CT molecular complexity index is 724. The van der Waals surface area contributed by atoms with E-state index < -0.39 is 0 Å². The second-order valence-electron chi connectivity index (χ2n) is 7.48. The van der Waals surface area contributed by atoms with E-state index in [-0.39, 0.29) is 5.91 Å². The number of carbonyl (C=O) groups is 1. The van der Waals surface area contributed by atoms with Gasteiger partial charge in [0.25, 0.3) is 0 Å². The summed E-state index contributed by atoms with van der Waals surface area (Å²) in [6.45, 7) is 2.53. The van der Waals surface area contributed by atoms with E-state index in [2.05, 4.69) is 28.4 Å². The summed E-state index contributed by atoms with van der Waals surface area (Å²) in [5.41, 5.74) is 0.920. The predicted molar refractivity (Wildman–Crippen MR) is 101 cm³/mol. The number of fused-ring (bicyclic) bond motifs is 1. The third-order valence-corrected chi connectivity index (χ3v) is 5.56. The van der Waals surface area contributed by atoms with Gasteiger partial charge in [-0.1, -0.05) is 25.7 Å². The molecule has 1 aliphatic heterocycles. The fourth-order valence-corrected chi connectivity index (χ4v) is 4.15. The minimum atomic E-state index is 0.103. The predicted octanol–water partition coefficient (Wildman–Crippen LogP) is 3.48. The number of amides is 1. The minimum Gasteiger partial charge on any atom is -0.357 e. The van der Waals surface area contributed by atoms with Crippen molar-refractivity contribution in [3.05, 3.63) is 24.4 Å². The Balaban J connectivity index is 1.50. The zero-order chi connectivity index (χ0) is 17.1. The highest BCUT2D eigenvalue weighted by molar-refractivity contribution is 5.82. The van der Waals surface area contributed by atoms with Gasteiger partial charge in [0.15, 0.2) is 0 Å². The van der Waals surface area contributed by atoms with E-state index >= 15 is 0 Å². The average Bonchev–Trinajstić information content (AvgIpc) is 3.17. The maximum atomic E-state index is 12.4. The number of aromatic nitrogens is 2. The zero-order valence-corrected chi connectivity index (χ0v) is 14.9. The molecule has 0 aromatic carbocycles. The van der Waals surface area contributed by atoms with Gasteiger partial charge in [-0.3, -0.25) is 4.79 Å². The van der Waals surface area contributed by atoms with Crippen LogP contribution in [0.2, 0.25) is 0 Å². The van der Waals surface area contributed by atoms with E-state index in [0.717, 1.165) is 42.8 Å². The molecule has 2 aliphatic rings. The first-order valence-electron chi connectivity index (χ1n) is 9.80. The van der Waals surface area contributed by atoms with Gasteiger partial charge in [0.05, 0.1) is 0 Å². The Kier molecular flexibility index (Phi) is 4.90. The van der Waals surface area contributed by atoms with Gasteiger partial charge in [-0.25, -0.2) is 4.98 Å². The second kappa shape index (κ2) is 7.46. The third-order valence-electron chi connectivity index (χ3n) is 5.56. The Morgan fingerprint density at radius 3 is 2.56 bits per heavy atom. The van der Waals surface area contributed by atoms with Crippen molar-refractivity contribution in [2.45, 2.75) is 64.0 Å². The van der Waals surface area contributed by atoms with Crippen molar-refractivity contribution in [1.29, 1.82) is 0 Å². The molecule has 0 radical (unpaired) electrons. The molecule has 1 N–H and O–H groups in total. The van der Waals surface area contributed by atoms with Gasteiger partial charge in [-0.2, -0.15) is 0 Å². The van der Waals surface area contributed by atoms with Crippen molar-refractivity contribution in [3.8, 4) is 0 Å². The smallest absolute Gasteiger partial charge is 0.240 e. The number of hydrogen-bond acceptors (Lipinski definition) is 3. The normalized spacial score (nSPS) is 19.3. The quantitative estimate of drug-likeness (QED) is 0.927. The van der Waals surface area contributed by atoms with Crippen LogP contribution in [0.25, 0.3) is 11.0 Å². The molecular formula is C20H28N4O. The summed E-state index contributed by atoms with van der Waals surface area (Å²) in [5, 5.41) is 4.27. The van der Waals surface area contributed by atoms with Crippen LogP contribution < -0.4 is 10.2 Å². The summed E-state index contributed by atoms with van der Waals surface area (Å²) in [7, 11) is 0. The molecule has 0 spiro atoms. The largest absolute Gasteiger partial charge is 0.357 e. The first kappa shape index (κ1) is 16.4. The monoisotopic (exact) mass is 340 g/mol. The highest BCUT2D eigenvalue weighted by atomic mass is 16.2. The van der Waals surface area contributed by atoms with E-state index in [0.29, 0.717) is 12.6 Å². The lowest BCUT2D eigenvalue weighted by Crippen LogP contribution is -2.35. The second-order valence-corrected chi connectivity index (χ2v) is 7.48. The molecule has 5 nitrogen and oxygen atoms in total.